The fourth-order valence-corrected chi connectivity index (χ4v) is 4.41. The van der Waals surface area contributed by atoms with Gasteiger partial charge in [0.15, 0.2) is 0 Å². The molecule has 0 saturated carbocycles. The van der Waals surface area contributed by atoms with E-state index in [4.69, 9.17) is 0 Å². The minimum absolute atomic E-state index is 0.0519. The predicted octanol–water partition coefficient (Wildman–Crippen LogP) is 4.98. The van der Waals surface area contributed by atoms with Crippen LogP contribution in [0.5, 0.6) is 0 Å². The molecule has 0 spiro atoms. The minimum atomic E-state index is -0.765. The first-order chi connectivity index (χ1) is 17.9. The topological polar surface area (TPSA) is 90.6 Å². The molecule has 1 unspecified atom stereocenters. The van der Waals surface area contributed by atoms with Crippen molar-refractivity contribution < 1.29 is 18.0 Å². The zero-order chi connectivity index (χ0) is 25.9. The van der Waals surface area contributed by atoms with E-state index in [0.29, 0.717) is 38.9 Å². The third kappa shape index (κ3) is 5.45. The highest BCUT2D eigenvalue weighted by Crippen LogP contribution is 2.29. The molecule has 1 amide bonds. The second-order valence-electron chi connectivity index (χ2n) is 8.66. The van der Waals surface area contributed by atoms with E-state index < -0.39 is 23.5 Å². The third-order valence-corrected chi connectivity index (χ3v) is 6.04. The lowest BCUT2D eigenvalue weighted by Gasteiger charge is -2.21. The maximum atomic E-state index is 13.9. The van der Waals surface area contributed by atoms with Crippen LogP contribution < -0.4 is 10.9 Å². The zero-order valence-electron chi connectivity index (χ0n) is 19.4. The fourth-order valence-electron chi connectivity index (χ4n) is 4.41. The first-order valence-corrected chi connectivity index (χ1v) is 11.5. The Labute approximate surface area is 209 Å². The van der Waals surface area contributed by atoms with E-state index in [0.717, 1.165) is 6.07 Å². The van der Waals surface area contributed by atoms with Crippen LogP contribution in [0.15, 0.2) is 84.0 Å². The average Bonchev–Trinajstić information content (AvgIpc) is 3.25. The Morgan fingerprint density at radius 3 is 2.49 bits per heavy atom. The van der Waals surface area contributed by atoms with Crippen LogP contribution in [-0.2, 0) is 17.6 Å². The van der Waals surface area contributed by atoms with Gasteiger partial charge in [-0.05, 0) is 65.6 Å². The van der Waals surface area contributed by atoms with Crippen LogP contribution in [0.4, 0.5) is 13.2 Å². The van der Waals surface area contributed by atoms with Gasteiger partial charge in [-0.15, -0.1) is 0 Å². The van der Waals surface area contributed by atoms with Gasteiger partial charge in [0.1, 0.15) is 17.5 Å². The highest BCUT2D eigenvalue weighted by atomic mass is 19.1. The molecule has 0 saturated heterocycles. The van der Waals surface area contributed by atoms with Crippen molar-refractivity contribution in [2.45, 2.75) is 18.9 Å². The maximum Gasteiger partial charge on any atom is 0.247 e. The number of aromatic amines is 2. The van der Waals surface area contributed by atoms with Gasteiger partial charge in [0.05, 0.1) is 18.2 Å². The van der Waals surface area contributed by atoms with Gasteiger partial charge in [-0.1, -0.05) is 6.07 Å². The second kappa shape index (κ2) is 10.1. The zero-order valence-corrected chi connectivity index (χ0v) is 19.4. The molecule has 2 aromatic carbocycles. The average molecular weight is 502 g/mol. The Morgan fingerprint density at radius 1 is 0.919 bits per heavy atom. The Kier molecular flexibility index (Phi) is 6.59. The van der Waals surface area contributed by atoms with Crippen molar-refractivity contribution in [1.29, 1.82) is 0 Å². The molecule has 5 rings (SSSR count). The SMILES string of the molecule is O=C(Cc1c[nH]c2ccc(F)cc12)NC(Cc1cc(F)cc(F)c1)c1ncccc1-c1ccc(=O)[nH]c1. The number of nitrogens with one attached hydrogen (secondary N) is 3. The van der Waals surface area contributed by atoms with E-state index in [1.54, 1.807) is 36.7 Å². The standard InChI is InChI=1S/C28H21F3N4O2/c29-19-4-5-24-23(13-19)18(15-33-24)11-27(37)35-25(10-16-8-20(30)12-21(31)9-16)28-22(2-1-7-32-28)17-3-6-26(36)34-14-17/h1-9,12-15,25,33H,10-11H2,(H,34,36)(H,35,37). The Hall–Kier alpha value is -4.66. The molecule has 3 aromatic heterocycles. The molecule has 6 nitrogen and oxygen atoms in total. The molecule has 9 heteroatoms. The molecule has 0 bridgehead atoms. The van der Waals surface area contributed by atoms with Crippen molar-refractivity contribution in [3.63, 3.8) is 0 Å². The van der Waals surface area contributed by atoms with Gasteiger partial charge < -0.3 is 15.3 Å². The van der Waals surface area contributed by atoms with Crippen LogP contribution in [0.1, 0.15) is 22.9 Å². The van der Waals surface area contributed by atoms with Crippen LogP contribution in [0.2, 0.25) is 0 Å². The highest BCUT2D eigenvalue weighted by molar-refractivity contribution is 5.89. The molecule has 3 N–H and O–H groups in total. The van der Waals surface area contributed by atoms with Crippen molar-refractivity contribution in [3.8, 4) is 11.1 Å². The number of pyridine rings is 2. The second-order valence-corrected chi connectivity index (χ2v) is 8.66. The maximum absolute atomic E-state index is 13.9. The number of hydrogen-bond acceptors (Lipinski definition) is 3. The summed E-state index contributed by atoms with van der Waals surface area (Å²) in [5, 5.41) is 3.52. The van der Waals surface area contributed by atoms with Crippen molar-refractivity contribution >= 4 is 16.8 Å². The predicted molar refractivity (Wildman–Crippen MR) is 133 cm³/mol. The van der Waals surface area contributed by atoms with Crippen molar-refractivity contribution in [2.24, 2.45) is 0 Å². The summed E-state index contributed by atoms with van der Waals surface area (Å²) in [6.45, 7) is 0. The van der Waals surface area contributed by atoms with Gasteiger partial charge in [0.2, 0.25) is 11.5 Å². The minimum Gasteiger partial charge on any atom is -0.361 e. The quantitative estimate of drug-likeness (QED) is 0.293. The summed E-state index contributed by atoms with van der Waals surface area (Å²) in [5.41, 5.74) is 3.09. The van der Waals surface area contributed by atoms with Crippen LogP contribution in [0, 0.1) is 17.5 Å². The normalized spacial score (nSPS) is 12.0. The van der Waals surface area contributed by atoms with Crippen LogP contribution in [-0.4, -0.2) is 20.9 Å². The van der Waals surface area contributed by atoms with E-state index in [2.05, 4.69) is 20.3 Å². The molecular formula is C28H21F3N4O2. The number of benzene rings is 2. The summed E-state index contributed by atoms with van der Waals surface area (Å²) in [5.74, 6) is -2.27. The number of rotatable bonds is 7. The van der Waals surface area contributed by atoms with Crippen LogP contribution in [0.3, 0.4) is 0 Å². The van der Waals surface area contributed by atoms with Crippen LogP contribution in [0.25, 0.3) is 22.0 Å². The van der Waals surface area contributed by atoms with Crippen molar-refractivity contribution in [3.05, 3.63) is 124 Å². The lowest BCUT2D eigenvalue weighted by molar-refractivity contribution is -0.121. The number of H-pyrrole nitrogens is 2. The third-order valence-electron chi connectivity index (χ3n) is 6.04. The van der Waals surface area contributed by atoms with Gasteiger partial charge >= 0.3 is 0 Å². The highest BCUT2D eigenvalue weighted by Gasteiger charge is 2.22. The molecule has 0 radical (unpaired) electrons. The molecule has 0 fully saturated rings. The molecular weight excluding hydrogens is 481 g/mol. The number of hydrogen-bond donors (Lipinski definition) is 3. The summed E-state index contributed by atoms with van der Waals surface area (Å²) in [7, 11) is 0. The first kappa shape index (κ1) is 24.1. The van der Waals surface area contributed by atoms with Gasteiger partial charge in [0.25, 0.3) is 0 Å². The molecule has 5 aromatic rings. The molecule has 0 aliphatic carbocycles. The molecule has 0 aliphatic rings. The molecule has 37 heavy (non-hydrogen) atoms. The summed E-state index contributed by atoms with van der Waals surface area (Å²) < 4.78 is 41.7. The molecule has 1 atom stereocenters. The summed E-state index contributed by atoms with van der Waals surface area (Å²) in [4.78, 5) is 34.9. The van der Waals surface area contributed by atoms with Crippen molar-refractivity contribution in [1.82, 2.24) is 20.3 Å². The number of carbonyl (C=O) groups is 1. The van der Waals surface area contributed by atoms with Gasteiger partial charge in [-0.3, -0.25) is 14.6 Å². The number of fused-ring (bicyclic) bond motifs is 1. The number of carbonyl (C=O) groups excluding carboxylic acids is 1. The Morgan fingerprint density at radius 2 is 1.73 bits per heavy atom. The number of aromatic nitrogens is 3. The lowest BCUT2D eigenvalue weighted by atomic mass is 9.96. The molecule has 0 aliphatic heterocycles. The fraction of sp³-hybridized carbons (Fsp3) is 0.107. The summed E-state index contributed by atoms with van der Waals surface area (Å²) >= 11 is 0. The first-order valence-electron chi connectivity index (χ1n) is 11.5. The van der Waals surface area contributed by atoms with E-state index in [-0.39, 0.29) is 24.3 Å². The van der Waals surface area contributed by atoms with E-state index in [1.807, 2.05) is 0 Å². The van der Waals surface area contributed by atoms with Gasteiger partial charge in [-0.25, -0.2) is 13.2 Å². The monoisotopic (exact) mass is 502 g/mol. The number of nitrogens with zero attached hydrogens (tertiary/aromatic N) is 1. The Bertz CT molecular complexity index is 1620. The summed E-state index contributed by atoms with van der Waals surface area (Å²) in [6, 6.07) is 13.2. The van der Waals surface area contributed by atoms with E-state index >= 15 is 0 Å². The molecule has 186 valence electrons. The van der Waals surface area contributed by atoms with Crippen LogP contribution >= 0.6 is 0 Å². The summed E-state index contributed by atoms with van der Waals surface area (Å²) in [6.07, 6.45) is 4.73. The molecule has 3 heterocycles. The number of amides is 1. The van der Waals surface area contributed by atoms with Gasteiger partial charge in [0, 0.05) is 47.2 Å². The smallest absolute Gasteiger partial charge is 0.247 e. The van der Waals surface area contributed by atoms with Gasteiger partial charge in [-0.2, -0.15) is 0 Å². The van der Waals surface area contributed by atoms with E-state index in [1.165, 1.54) is 36.5 Å². The van der Waals surface area contributed by atoms with Crippen molar-refractivity contribution in [2.75, 3.05) is 0 Å². The lowest BCUT2D eigenvalue weighted by Crippen LogP contribution is -2.32. The number of halogens is 3. The Balaban J connectivity index is 1.50. The largest absolute Gasteiger partial charge is 0.361 e. The van der Waals surface area contributed by atoms with E-state index in [9.17, 15) is 22.8 Å².